The average molecular weight is 213 g/mol. The van der Waals surface area contributed by atoms with E-state index in [-0.39, 0.29) is 0 Å². The Kier molecular flexibility index (Phi) is 4.18. The van der Waals surface area contributed by atoms with E-state index in [4.69, 9.17) is 5.73 Å². The third-order valence-corrected chi connectivity index (χ3v) is 5.18. The van der Waals surface area contributed by atoms with Crippen LogP contribution in [0, 0.1) is 17.8 Å². The Morgan fingerprint density at radius 1 is 1.07 bits per heavy atom. The average Bonchev–Trinajstić information content (AvgIpc) is 2.16. The second kappa shape index (κ2) is 5.41. The van der Waals surface area contributed by atoms with Crippen LogP contribution in [0.4, 0.5) is 0 Å². The molecule has 0 radical (unpaired) electrons. The first kappa shape index (κ1) is 10.8. The first-order chi connectivity index (χ1) is 6.92. The summed E-state index contributed by atoms with van der Waals surface area (Å²) < 4.78 is 0. The van der Waals surface area contributed by atoms with Crippen molar-refractivity contribution in [3.8, 4) is 0 Å². The molecular formula is C12H23NS. The summed E-state index contributed by atoms with van der Waals surface area (Å²) in [5, 5.41) is 0. The molecule has 1 nitrogen and oxygen atoms in total. The fourth-order valence-electron chi connectivity index (χ4n) is 3.06. The van der Waals surface area contributed by atoms with Gasteiger partial charge in [-0.15, -0.1) is 0 Å². The molecule has 1 unspecified atom stereocenters. The van der Waals surface area contributed by atoms with E-state index in [1.54, 1.807) is 0 Å². The summed E-state index contributed by atoms with van der Waals surface area (Å²) in [5.41, 5.74) is 5.75. The van der Waals surface area contributed by atoms with Crippen LogP contribution in [0.2, 0.25) is 0 Å². The van der Waals surface area contributed by atoms with Crippen molar-refractivity contribution in [1.29, 1.82) is 0 Å². The molecule has 0 bridgehead atoms. The molecule has 0 spiro atoms. The highest BCUT2D eigenvalue weighted by Crippen LogP contribution is 2.43. The van der Waals surface area contributed by atoms with Crippen LogP contribution in [-0.4, -0.2) is 18.1 Å². The van der Waals surface area contributed by atoms with Crippen LogP contribution >= 0.6 is 11.8 Å². The van der Waals surface area contributed by atoms with Gasteiger partial charge < -0.3 is 5.73 Å². The fraction of sp³-hybridized carbons (Fsp3) is 1.00. The van der Waals surface area contributed by atoms with Crippen molar-refractivity contribution >= 4 is 11.8 Å². The number of hydrogen-bond donors (Lipinski definition) is 1. The lowest BCUT2D eigenvalue weighted by atomic mass is 9.68. The van der Waals surface area contributed by atoms with Gasteiger partial charge in [0.05, 0.1) is 0 Å². The maximum atomic E-state index is 5.75. The number of rotatable bonds is 4. The molecule has 1 saturated carbocycles. The molecule has 2 N–H and O–H groups in total. The van der Waals surface area contributed by atoms with Crippen LogP contribution in [0.15, 0.2) is 0 Å². The second-order valence-corrected chi connectivity index (χ2v) is 6.11. The van der Waals surface area contributed by atoms with Crippen molar-refractivity contribution in [3.63, 3.8) is 0 Å². The molecular weight excluding hydrogens is 190 g/mol. The number of hydrogen-bond acceptors (Lipinski definition) is 2. The minimum atomic E-state index is 0.908. The normalized spacial score (nSPS) is 27.2. The molecule has 1 aliphatic heterocycles. The maximum Gasteiger partial charge on any atom is -0.00648 e. The molecule has 1 heterocycles. The smallest absolute Gasteiger partial charge is 0.00648 e. The minimum Gasteiger partial charge on any atom is -0.330 e. The van der Waals surface area contributed by atoms with Crippen LogP contribution in [-0.2, 0) is 0 Å². The van der Waals surface area contributed by atoms with Crippen molar-refractivity contribution in [2.24, 2.45) is 23.5 Å². The Hall–Kier alpha value is 0.310. The molecule has 2 aliphatic rings. The zero-order valence-electron chi connectivity index (χ0n) is 9.08. The van der Waals surface area contributed by atoms with E-state index >= 15 is 0 Å². The lowest BCUT2D eigenvalue weighted by molar-refractivity contribution is 0.129. The standard InChI is InChI=1S/C12H23NS/c13-7-4-12(10-2-1-3-10)11-5-8-14-9-6-11/h10-12H,1-9,13H2. The van der Waals surface area contributed by atoms with Gasteiger partial charge in [-0.2, -0.15) is 11.8 Å². The van der Waals surface area contributed by atoms with Gasteiger partial charge in [-0.05, 0) is 55.1 Å². The van der Waals surface area contributed by atoms with Gasteiger partial charge in [0.1, 0.15) is 0 Å². The molecule has 2 heteroatoms. The van der Waals surface area contributed by atoms with Gasteiger partial charge in [0, 0.05) is 0 Å². The van der Waals surface area contributed by atoms with E-state index in [9.17, 15) is 0 Å². The molecule has 14 heavy (non-hydrogen) atoms. The van der Waals surface area contributed by atoms with E-state index in [0.717, 1.165) is 24.3 Å². The zero-order valence-corrected chi connectivity index (χ0v) is 9.90. The first-order valence-corrected chi connectivity index (χ1v) is 7.35. The van der Waals surface area contributed by atoms with Crippen LogP contribution < -0.4 is 5.73 Å². The second-order valence-electron chi connectivity index (χ2n) is 4.88. The van der Waals surface area contributed by atoms with E-state index in [1.165, 1.54) is 50.0 Å². The summed E-state index contributed by atoms with van der Waals surface area (Å²) in [4.78, 5) is 0. The van der Waals surface area contributed by atoms with Crippen molar-refractivity contribution in [3.05, 3.63) is 0 Å². The quantitative estimate of drug-likeness (QED) is 0.777. The molecule has 0 aromatic rings. The SMILES string of the molecule is NCCC(C1CCC1)C1CCSCC1. The predicted molar refractivity (Wildman–Crippen MR) is 64.6 cm³/mol. The van der Waals surface area contributed by atoms with Gasteiger partial charge in [0.15, 0.2) is 0 Å². The van der Waals surface area contributed by atoms with Gasteiger partial charge >= 0.3 is 0 Å². The Labute approximate surface area is 92.2 Å². The fourth-order valence-corrected chi connectivity index (χ4v) is 4.20. The van der Waals surface area contributed by atoms with Gasteiger partial charge in [-0.25, -0.2) is 0 Å². The van der Waals surface area contributed by atoms with Crippen molar-refractivity contribution in [1.82, 2.24) is 0 Å². The van der Waals surface area contributed by atoms with E-state index in [1.807, 2.05) is 0 Å². The van der Waals surface area contributed by atoms with Crippen molar-refractivity contribution in [2.75, 3.05) is 18.1 Å². The zero-order chi connectivity index (χ0) is 9.80. The summed E-state index contributed by atoms with van der Waals surface area (Å²) in [6, 6.07) is 0. The highest BCUT2D eigenvalue weighted by Gasteiger charge is 2.33. The summed E-state index contributed by atoms with van der Waals surface area (Å²) >= 11 is 2.14. The lowest BCUT2D eigenvalue weighted by Gasteiger charge is -2.40. The topological polar surface area (TPSA) is 26.0 Å². The van der Waals surface area contributed by atoms with Gasteiger partial charge in [0.25, 0.3) is 0 Å². The molecule has 2 fully saturated rings. The molecule has 0 aromatic heterocycles. The third-order valence-electron chi connectivity index (χ3n) is 4.13. The Bertz CT molecular complexity index is 162. The van der Waals surface area contributed by atoms with Crippen LogP contribution in [0.25, 0.3) is 0 Å². The summed E-state index contributed by atoms with van der Waals surface area (Å²) in [6.07, 6.45) is 8.69. The third kappa shape index (κ3) is 2.46. The van der Waals surface area contributed by atoms with Crippen molar-refractivity contribution in [2.45, 2.75) is 38.5 Å². The molecule has 0 amide bonds. The van der Waals surface area contributed by atoms with Gasteiger partial charge in [0.2, 0.25) is 0 Å². The highest BCUT2D eigenvalue weighted by atomic mass is 32.2. The molecule has 82 valence electrons. The van der Waals surface area contributed by atoms with E-state index in [2.05, 4.69) is 11.8 Å². The van der Waals surface area contributed by atoms with Gasteiger partial charge in [-0.3, -0.25) is 0 Å². The Morgan fingerprint density at radius 2 is 1.71 bits per heavy atom. The van der Waals surface area contributed by atoms with Gasteiger partial charge in [-0.1, -0.05) is 19.3 Å². The Balaban J connectivity index is 1.86. The number of thioether (sulfide) groups is 1. The largest absolute Gasteiger partial charge is 0.330 e. The lowest BCUT2D eigenvalue weighted by Crippen LogP contribution is -2.32. The molecule has 1 saturated heterocycles. The predicted octanol–water partition coefficient (Wildman–Crippen LogP) is 2.89. The minimum absolute atomic E-state index is 0.908. The molecule has 0 aromatic carbocycles. The van der Waals surface area contributed by atoms with Crippen LogP contribution in [0.5, 0.6) is 0 Å². The summed E-state index contributed by atoms with van der Waals surface area (Å²) in [7, 11) is 0. The Morgan fingerprint density at radius 3 is 2.21 bits per heavy atom. The molecule has 1 aliphatic carbocycles. The molecule has 2 rings (SSSR count). The maximum absolute atomic E-state index is 5.75. The molecule has 1 atom stereocenters. The van der Waals surface area contributed by atoms with Crippen molar-refractivity contribution < 1.29 is 0 Å². The first-order valence-electron chi connectivity index (χ1n) is 6.19. The summed E-state index contributed by atoms with van der Waals surface area (Å²) in [6.45, 7) is 0.908. The monoisotopic (exact) mass is 213 g/mol. The van der Waals surface area contributed by atoms with Crippen LogP contribution in [0.3, 0.4) is 0 Å². The highest BCUT2D eigenvalue weighted by molar-refractivity contribution is 7.99. The van der Waals surface area contributed by atoms with E-state index in [0.29, 0.717) is 0 Å². The van der Waals surface area contributed by atoms with E-state index < -0.39 is 0 Å². The summed E-state index contributed by atoms with van der Waals surface area (Å²) in [5.74, 6) is 5.85. The van der Waals surface area contributed by atoms with Crippen LogP contribution in [0.1, 0.15) is 38.5 Å². The number of nitrogens with two attached hydrogens (primary N) is 1.